The lowest BCUT2D eigenvalue weighted by molar-refractivity contribution is 0.283. The Kier molecular flexibility index (Phi) is 3.89. The molecule has 17 heavy (non-hydrogen) atoms. The van der Waals surface area contributed by atoms with Gasteiger partial charge in [-0.05, 0) is 50.3 Å². The first-order chi connectivity index (χ1) is 8.22. The maximum Gasteiger partial charge on any atom is 0.0605 e. The van der Waals surface area contributed by atoms with Gasteiger partial charge in [-0.15, -0.1) is 0 Å². The van der Waals surface area contributed by atoms with Gasteiger partial charge in [-0.2, -0.15) is 0 Å². The van der Waals surface area contributed by atoms with Crippen molar-refractivity contribution in [1.29, 1.82) is 0 Å². The number of aryl methyl sites for hydroxylation is 1. The Morgan fingerprint density at radius 2 is 2.18 bits per heavy atom. The number of anilines is 2. The Labute approximate surface area is 103 Å². The molecule has 0 atom stereocenters. The van der Waals surface area contributed by atoms with Crippen LogP contribution in [0.4, 0.5) is 11.4 Å². The number of hydrogen-bond donors (Lipinski definition) is 2. The molecule has 0 amide bonds. The van der Waals surface area contributed by atoms with E-state index in [0.717, 1.165) is 24.3 Å². The Morgan fingerprint density at radius 3 is 2.76 bits per heavy atom. The van der Waals surface area contributed by atoms with Gasteiger partial charge in [-0.25, -0.2) is 0 Å². The maximum absolute atomic E-state index is 9.00. The molecule has 3 heteroatoms. The second-order valence-corrected chi connectivity index (χ2v) is 4.92. The Morgan fingerprint density at radius 1 is 1.41 bits per heavy atom. The average molecular weight is 234 g/mol. The van der Waals surface area contributed by atoms with Gasteiger partial charge in [0.25, 0.3) is 0 Å². The zero-order valence-electron chi connectivity index (χ0n) is 10.5. The lowest BCUT2D eigenvalue weighted by Gasteiger charge is -2.40. The molecule has 1 aromatic carbocycles. The first-order valence-corrected chi connectivity index (χ1v) is 6.46. The number of rotatable bonds is 5. The van der Waals surface area contributed by atoms with Crippen LogP contribution < -0.4 is 10.6 Å². The Balaban J connectivity index is 2.20. The molecule has 1 aliphatic carbocycles. The molecule has 0 spiro atoms. The second kappa shape index (κ2) is 5.41. The van der Waals surface area contributed by atoms with E-state index in [-0.39, 0.29) is 6.61 Å². The molecule has 0 aliphatic heterocycles. The topological polar surface area (TPSA) is 49.5 Å². The van der Waals surface area contributed by atoms with E-state index in [1.54, 1.807) is 0 Å². The zero-order chi connectivity index (χ0) is 12.3. The van der Waals surface area contributed by atoms with Gasteiger partial charge in [0, 0.05) is 19.2 Å². The highest BCUT2D eigenvalue weighted by Gasteiger charge is 2.25. The monoisotopic (exact) mass is 234 g/mol. The van der Waals surface area contributed by atoms with Crippen molar-refractivity contribution >= 4 is 11.4 Å². The summed E-state index contributed by atoms with van der Waals surface area (Å²) in [6.45, 7) is 3.23. The molecule has 0 unspecified atom stereocenters. The molecule has 1 fully saturated rings. The minimum Gasteiger partial charge on any atom is -0.397 e. The molecule has 1 aromatic rings. The molecule has 1 saturated carbocycles. The van der Waals surface area contributed by atoms with Crippen LogP contribution in [0.3, 0.4) is 0 Å². The minimum atomic E-state index is 0.245. The molecule has 94 valence electrons. The van der Waals surface area contributed by atoms with Crippen LogP contribution in [0.25, 0.3) is 0 Å². The number of hydrogen-bond acceptors (Lipinski definition) is 3. The van der Waals surface area contributed by atoms with Crippen LogP contribution >= 0.6 is 0 Å². The van der Waals surface area contributed by atoms with Crippen molar-refractivity contribution < 1.29 is 5.11 Å². The number of aliphatic hydroxyl groups excluding tert-OH is 1. The van der Waals surface area contributed by atoms with Crippen LogP contribution in [-0.2, 0) is 0 Å². The summed E-state index contributed by atoms with van der Waals surface area (Å²) in [4.78, 5) is 2.38. The summed E-state index contributed by atoms with van der Waals surface area (Å²) in [5.41, 5.74) is 9.30. The third kappa shape index (κ3) is 2.72. The van der Waals surface area contributed by atoms with E-state index in [2.05, 4.69) is 17.9 Å². The quantitative estimate of drug-likeness (QED) is 0.769. The molecule has 0 bridgehead atoms. The molecule has 2 rings (SSSR count). The summed E-state index contributed by atoms with van der Waals surface area (Å²) in [5, 5.41) is 9.00. The number of benzene rings is 1. The normalized spacial score (nSPS) is 15.6. The van der Waals surface area contributed by atoms with Crippen molar-refractivity contribution in [3.05, 3.63) is 23.8 Å². The summed E-state index contributed by atoms with van der Waals surface area (Å²) in [6.07, 6.45) is 4.62. The molecular formula is C14H22N2O. The number of nitrogens with zero attached hydrogens (tertiary/aromatic N) is 1. The summed E-state index contributed by atoms with van der Waals surface area (Å²) in [7, 11) is 0. The van der Waals surface area contributed by atoms with Crippen LogP contribution in [0.5, 0.6) is 0 Å². The van der Waals surface area contributed by atoms with Gasteiger partial charge in [0.05, 0.1) is 11.4 Å². The van der Waals surface area contributed by atoms with E-state index in [0.29, 0.717) is 6.04 Å². The van der Waals surface area contributed by atoms with Crippen molar-refractivity contribution in [3.63, 3.8) is 0 Å². The van der Waals surface area contributed by atoms with E-state index >= 15 is 0 Å². The molecule has 0 heterocycles. The molecule has 3 N–H and O–H groups in total. The second-order valence-electron chi connectivity index (χ2n) is 4.92. The summed E-state index contributed by atoms with van der Waals surface area (Å²) < 4.78 is 0. The SMILES string of the molecule is Cc1ccc(N)c(N(CCCO)C2CCC2)c1. The zero-order valence-corrected chi connectivity index (χ0v) is 10.5. The van der Waals surface area contributed by atoms with Crippen molar-refractivity contribution in [2.45, 2.75) is 38.6 Å². The smallest absolute Gasteiger partial charge is 0.0605 e. The lowest BCUT2D eigenvalue weighted by Crippen LogP contribution is -2.41. The van der Waals surface area contributed by atoms with Crippen LogP contribution in [0.2, 0.25) is 0 Å². The van der Waals surface area contributed by atoms with Gasteiger partial charge < -0.3 is 15.7 Å². The van der Waals surface area contributed by atoms with E-state index in [4.69, 9.17) is 10.8 Å². The van der Waals surface area contributed by atoms with Crippen molar-refractivity contribution in [3.8, 4) is 0 Å². The Bertz CT molecular complexity index is 374. The van der Waals surface area contributed by atoms with Gasteiger partial charge in [0.15, 0.2) is 0 Å². The first kappa shape index (κ1) is 12.2. The van der Waals surface area contributed by atoms with Gasteiger partial charge in [-0.3, -0.25) is 0 Å². The highest BCUT2D eigenvalue weighted by Crippen LogP contribution is 2.33. The van der Waals surface area contributed by atoms with E-state index in [1.807, 2.05) is 12.1 Å². The standard InChI is InChI=1S/C14H22N2O/c1-11-6-7-13(15)14(10-11)16(8-3-9-17)12-4-2-5-12/h6-7,10,12,17H,2-5,8-9,15H2,1H3. The molecule has 1 aliphatic rings. The van der Waals surface area contributed by atoms with Gasteiger partial charge >= 0.3 is 0 Å². The predicted octanol–water partition coefficient (Wildman–Crippen LogP) is 2.32. The summed E-state index contributed by atoms with van der Waals surface area (Å²) in [5.74, 6) is 0. The van der Waals surface area contributed by atoms with Crippen LogP contribution in [0, 0.1) is 6.92 Å². The number of nitrogen functional groups attached to an aromatic ring is 1. The van der Waals surface area contributed by atoms with Gasteiger partial charge in [0.2, 0.25) is 0 Å². The van der Waals surface area contributed by atoms with Crippen molar-refractivity contribution in [1.82, 2.24) is 0 Å². The number of nitrogens with two attached hydrogens (primary N) is 1. The minimum absolute atomic E-state index is 0.245. The fourth-order valence-electron chi connectivity index (χ4n) is 2.34. The maximum atomic E-state index is 9.00. The fraction of sp³-hybridized carbons (Fsp3) is 0.571. The molecular weight excluding hydrogens is 212 g/mol. The molecule has 0 aromatic heterocycles. The van der Waals surface area contributed by atoms with E-state index < -0.39 is 0 Å². The van der Waals surface area contributed by atoms with Crippen LogP contribution in [0.1, 0.15) is 31.2 Å². The molecule has 0 saturated heterocycles. The third-order valence-electron chi connectivity index (χ3n) is 3.57. The average Bonchev–Trinajstić information content (AvgIpc) is 2.25. The van der Waals surface area contributed by atoms with E-state index in [1.165, 1.54) is 24.8 Å². The van der Waals surface area contributed by atoms with Crippen LogP contribution in [0.15, 0.2) is 18.2 Å². The first-order valence-electron chi connectivity index (χ1n) is 6.46. The van der Waals surface area contributed by atoms with Crippen molar-refractivity contribution in [2.24, 2.45) is 0 Å². The van der Waals surface area contributed by atoms with Gasteiger partial charge in [-0.1, -0.05) is 6.07 Å². The highest BCUT2D eigenvalue weighted by molar-refractivity contribution is 5.69. The van der Waals surface area contributed by atoms with Crippen LogP contribution in [-0.4, -0.2) is 24.3 Å². The molecule has 0 radical (unpaired) electrons. The fourth-order valence-corrected chi connectivity index (χ4v) is 2.34. The summed E-state index contributed by atoms with van der Waals surface area (Å²) in [6, 6.07) is 6.80. The highest BCUT2D eigenvalue weighted by atomic mass is 16.3. The van der Waals surface area contributed by atoms with E-state index in [9.17, 15) is 0 Å². The van der Waals surface area contributed by atoms with Gasteiger partial charge in [0.1, 0.15) is 0 Å². The largest absolute Gasteiger partial charge is 0.397 e. The summed E-state index contributed by atoms with van der Waals surface area (Å²) >= 11 is 0. The van der Waals surface area contributed by atoms with Crippen molar-refractivity contribution in [2.75, 3.05) is 23.8 Å². The molecule has 3 nitrogen and oxygen atoms in total. The number of aliphatic hydroxyl groups is 1. The predicted molar refractivity (Wildman–Crippen MR) is 72.3 cm³/mol. The Hall–Kier alpha value is -1.22. The lowest BCUT2D eigenvalue weighted by atomic mass is 9.90. The third-order valence-corrected chi connectivity index (χ3v) is 3.57.